The van der Waals surface area contributed by atoms with Gasteiger partial charge in [-0.1, -0.05) is 23.2 Å². The number of nitrogens with zero attached hydrogens (tertiary/aromatic N) is 1. The number of halogens is 2. The lowest BCUT2D eigenvalue weighted by molar-refractivity contribution is -0.137. The van der Waals surface area contributed by atoms with Gasteiger partial charge >= 0.3 is 0 Å². The molecule has 2 aromatic rings. The Kier molecular flexibility index (Phi) is 7.42. The van der Waals surface area contributed by atoms with Crippen LogP contribution < -0.4 is 20.9 Å². The summed E-state index contributed by atoms with van der Waals surface area (Å²) in [6.45, 7) is 0.999. The van der Waals surface area contributed by atoms with Gasteiger partial charge in [-0.05, 0) is 61.4 Å². The molecule has 2 atom stereocenters. The van der Waals surface area contributed by atoms with E-state index in [2.05, 4.69) is 0 Å². The highest BCUT2D eigenvalue weighted by molar-refractivity contribution is 6.30. The first-order chi connectivity index (χ1) is 14.3. The van der Waals surface area contributed by atoms with Gasteiger partial charge in [0.2, 0.25) is 6.23 Å². The Morgan fingerprint density at radius 2 is 1.30 bits per heavy atom. The Balaban J connectivity index is 1.63. The van der Waals surface area contributed by atoms with Gasteiger partial charge in [0.1, 0.15) is 11.5 Å². The monoisotopic (exact) mass is 451 g/mol. The Hall–Kier alpha value is -2.48. The molecule has 0 aromatic heterocycles. The molecular weight excluding hydrogens is 429 g/mol. The van der Waals surface area contributed by atoms with E-state index in [1.807, 2.05) is 4.90 Å². The minimum absolute atomic E-state index is 0.0986. The number of carbonyl (C=O) groups excluding carboxylic acids is 2. The predicted molar refractivity (Wildman–Crippen MR) is 114 cm³/mol. The maximum absolute atomic E-state index is 12.0. The van der Waals surface area contributed by atoms with Gasteiger partial charge in [-0.2, -0.15) is 0 Å². The topological polar surface area (TPSA) is 108 Å². The van der Waals surface area contributed by atoms with Crippen molar-refractivity contribution in [2.24, 2.45) is 17.4 Å². The summed E-state index contributed by atoms with van der Waals surface area (Å²) in [5.41, 5.74) is 11.2. The van der Waals surface area contributed by atoms with Crippen molar-refractivity contribution in [1.82, 2.24) is 4.90 Å². The summed E-state index contributed by atoms with van der Waals surface area (Å²) in [7, 11) is 0. The molecule has 1 aliphatic heterocycles. The number of ether oxygens (including phenoxy) is 2. The molecule has 0 saturated carbocycles. The normalized spacial score (nSPS) is 17.1. The van der Waals surface area contributed by atoms with E-state index in [9.17, 15) is 9.59 Å². The van der Waals surface area contributed by atoms with Gasteiger partial charge in [0.15, 0.2) is 6.10 Å². The third-order valence-electron chi connectivity index (χ3n) is 5.00. The molecule has 30 heavy (non-hydrogen) atoms. The van der Waals surface area contributed by atoms with Crippen LogP contribution in [0.2, 0.25) is 10.0 Å². The van der Waals surface area contributed by atoms with Crippen LogP contribution in [0.5, 0.6) is 11.5 Å². The van der Waals surface area contributed by atoms with Crippen molar-refractivity contribution < 1.29 is 19.1 Å². The number of primary amides is 2. The second-order valence-electron chi connectivity index (χ2n) is 7.09. The third-order valence-corrected chi connectivity index (χ3v) is 5.50. The second kappa shape index (κ2) is 10.0. The third kappa shape index (κ3) is 5.78. The predicted octanol–water partition coefficient (Wildman–Crippen LogP) is 2.83. The largest absolute Gasteiger partial charge is 0.480 e. The maximum atomic E-state index is 12.0. The van der Waals surface area contributed by atoms with Gasteiger partial charge in [-0.3, -0.25) is 14.5 Å². The van der Waals surface area contributed by atoms with Crippen LogP contribution in [0.3, 0.4) is 0 Å². The first kappa shape index (κ1) is 22.2. The number of benzene rings is 2. The molecule has 1 aliphatic rings. The average molecular weight is 452 g/mol. The average Bonchev–Trinajstić information content (AvgIpc) is 2.73. The lowest BCUT2D eigenvalue weighted by Crippen LogP contribution is -2.53. The lowest BCUT2D eigenvalue weighted by atomic mass is 9.90. The van der Waals surface area contributed by atoms with Crippen LogP contribution in [0.1, 0.15) is 12.8 Å². The van der Waals surface area contributed by atoms with Gasteiger partial charge in [0, 0.05) is 29.1 Å². The van der Waals surface area contributed by atoms with Crippen LogP contribution in [-0.2, 0) is 9.59 Å². The first-order valence-electron chi connectivity index (χ1n) is 9.50. The van der Waals surface area contributed by atoms with Crippen LogP contribution >= 0.6 is 23.2 Å². The van der Waals surface area contributed by atoms with Crippen molar-refractivity contribution in [2.75, 3.05) is 13.1 Å². The minimum atomic E-state index is -0.920. The summed E-state index contributed by atoms with van der Waals surface area (Å²) < 4.78 is 11.6. The second-order valence-corrected chi connectivity index (χ2v) is 7.97. The number of amides is 2. The number of nitrogens with two attached hydrogens (primary N) is 2. The SMILES string of the molecule is NC(=O)C(Oc1ccc(Cl)cc1)C1CCN(C(Oc2ccc(Cl)cc2)C(N)=O)CC1. The smallest absolute Gasteiger partial charge is 0.274 e. The van der Waals surface area contributed by atoms with Gasteiger partial charge in [0.25, 0.3) is 11.8 Å². The van der Waals surface area contributed by atoms with Crippen LogP contribution in [0, 0.1) is 5.92 Å². The molecule has 3 rings (SSSR count). The molecule has 2 amide bonds. The van der Waals surface area contributed by atoms with Crippen LogP contribution in [0.15, 0.2) is 48.5 Å². The zero-order valence-electron chi connectivity index (χ0n) is 16.2. The van der Waals surface area contributed by atoms with E-state index in [4.69, 9.17) is 44.1 Å². The van der Waals surface area contributed by atoms with E-state index in [0.717, 1.165) is 0 Å². The summed E-state index contributed by atoms with van der Waals surface area (Å²) in [4.78, 5) is 25.8. The first-order valence-corrected chi connectivity index (χ1v) is 10.3. The highest BCUT2D eigenvalue weighted by Crippen LogP contribution is 2.27. The molecule has 0 radical (unpaired) electrons. The van der Waals surface area contributed by atoms with E-state index >= 15 is 0 Å². The summed E-state index contributed by atoms with van der Waals surface area (Å²) in [6, 6.07) is 13.4. The molecule has 1 heterocycles. The molecule has 2 aromatic carbocycles. The molecule has 9 heteroatoms. The Morgan fingerprint density at radius 1 is 0.833 bits per heavy atom. The summed E-state index contributed by atoms with van der Waals surface area (Å²) in [5.74, 6) is -0.212. The minimum Gasteiger partial charge on any atom is -0.480 e. The van der Waals surface area contributed by atoms with Crippen LogP contribution in [0.4, 0.5) is 0 Å². The fourth-order valence-corrected chi connectivity index (χ4v) is 3.71. The highest BCUT2D eigenvalue weighted by Gasteiger charge is 2.36. The summed E-state index contributed by atoms with van der Waals surface area (Å²) >= 11 is 11.8. The molecule has 0 aliphatic carbocycles. The zero-order valence-corrected chi connectivity index (χ0v) is 17.7. The molecule has 4 N–H and O–H groups in total. The van der Waals surface area contributed by atoms with Gasteiger partial charge in [-0.25, -0.2) is 0 Å². The van der Waals surface area contributed by atoms with E-state index in [0.29, 0.717) is 47.5 Å². The van der Waals surface area contributed by atoms with Gasteiger partial charge in [-0.15, -0.1) is 0 Å². The van der Waals surface area contributed by atoms with E-state index in [1.165, 1.54) is 0 Å². The van der Waals surface area contributed by atoms with E-state index in [-0.39, 0.29) is 5.92 Å². The molecule has 1 fully saturated rings. The lowest BCUT2D eigenvalue weighted by Gasteiger charge is -2.37. The number of likely N-dealkylation sites (tertiary alicyclic amines) is 1. The summed E-state index contributed by atoms with van der Waals surface area (Å²) in [5, 5.41) is 1.14. The van der Waals surface area contributed by atoms with Crippen LogP contribution in [-0.4, -0.2) is 42.1 Å². The molecule has 0 spiro atoms. The fourth-order valence-electron chi connectivity index (χ4n) is 3.46. The van der Waals surface area contributed by atoms with Crippen molar-refractivity contribution in [3.8, 4) is 11.5 Å². The Bertz CT molecular complexity index is 795. The maximum Gasteiger partial charge on any atom is 0.274 e. The number of rotatable bonds is 8. The quantitative estimate of drug-likeness (QED) is 0.641. The fraction of sp³-hybridized carbons (Fsp3) is 0.333. The van der Waals surface area contributed by atoms with Crippen molar-refractivity contribution >= 4 is 35.0 Å². The number of carbonyl (C=O) groups is 2. The van der Waals surface area contributed by atoms with Gasteiger partial charge < -0.3 is 20.9 Å². The van der Waals surface area contributed by atoms with E-state index < -0.39 is 24.1 Å². The van der Waals surface area contributed by atoms with Crippen LogP contribution in [0.25, 0.3) is 0 Å². The van der Waals surface area contributed by atoms with Gasteiger partial charge in [0.05, 0.1) is 0 Å². The molecular formula is C21H23Cl2N3O4. The Morgan fingerprint density at radius 3 is 1.73 bits per heavy atom. The number of hydrogen-bond donors (Lipinski definition) is 2. The summed E-state index contributed by atoms with van der Waals surface area (Å²) in [6.07, 6.45) is -0.516. The van der Waals surface area contributed by atoms with Crippen molar-refractivity contribution in [2.45, 2.75) is 25.2 Å². The highest BCUT2D eigenvalue weighted by atomic mass is 35.5. The molecule has 160 valence electrons. The molecule has 0 bridgehead atoms. The Labute approximate surface area is 184 Å². The van der Waals surface area contributed by atoms with Crippen molar-refractivity contribution in [3.63, 3.8) is 0 Å². The number of hydrogen-bond acceptors (Lipinski definition) is 5. The van der Waals surface area contributed by atoms with Crippen molar-refractivity contribution in [3.05, 3.63) is 58.6 Å². The molecule has 7 nitrogen and oxygen atoms in total. The molecule has 2 unspecified atom stereocenters. The number of piperidine rings is 1. The van der Waals surface area contributed by atoms with Crippen molar-refractivity contribution in [1.29, 1.82) is 0 Å². The standard InChI is InChI=1S/C21H23Cl2N3O4/c22-14-1-5-16(6-2-14)29-18(19(24)27)13-9-11-26(12-10-13)21(20(25)28)30-17-7-3-15(23)4-8-17/h1-8,13,18,21H,9-12H2,(H2,24,27)(H2,25,28). The van der Waals surface area contributed by atoms with E-state index in [1.54, 1.807) is 48.5 Å². The zero-order chi connectivity index (χ0) is 21.7. The molecule has 1 saturated heterocycles.